The van der Waals surface area contributed by atoms with Crippen molar-refractivity contribution in [2.75, 3.05) is 5.32 Å². The van der Waals surface area contributed by atoms with Crippen molar-refractivity contribution in [3.8, 4) is 0 Å². The van der Waals surface area contributed by atoms with Gasteiger partial charge in [-0.3, -0.25) is 0 Å². The molecule has 1 N–H and O–H groups in total. The number of halogens is 1. The van der Waals surface area contributed by atoms with Gasteiger partial charge in [-0.25, -0.2) is 4.39 Å². The van der Waals surface area contributed by atoms with E-state index in [1.807, 2.05) is 6.07 Å². The molecule has 2 rings (SSSR count). The van der Waals surface area contributed by atoms with Gasteiger partial charge in [0, 0.05) is 6.04 Å². The van der Waals surface area contributed by atoms with E-state index in [2.05, 4.69) is 19.2 Å². The van der Waals surface area contributed by atoms with E-state index in [4.69, 9.17) is 0 Å². The lowest BCUT2D eigenvalue weighted by Gasteiger charge is -2.29. The zero-order chi connectivity index (χ0) is 9.42. The highest BCUT2D eigenvalue weighted by Gasteiger charge is 2.22. The van der Waals surface area contributed by atoms with Gasteiger partial charge >= 0.3 is 0 Å². The van der Waals surface area contributed by atoms with Crippen LogP contribution in [-0.4, -0.2) is 6.04 Å². The number of benzene rings is 1. The molecule has 0 saturated heterocycles. The van der Waals surface area contributed by atoms with E-state index in [9.17, 15) is 4.39 Å². The zero-order valence-corrected chi connectivity index (χ0v) is 7.97. The number of para-hydroxylation sites is 1. The first kappa shape index (κ1) is 8.54. The van der Waals surface area contributed by atoms with Crippen LogP contribution in [0.2, 0.25) is 0 Å². The third-order valence-corrected chi connectivity index (χ3v) is 2.67. The second-order valence-corrected chi connectivity index (χ2v) is 3.89. The van der Waals surface area contributed by atoms with Crippen LogP contribution in [0.3, 0.4) is 0 Å². The van der Waals surface area contributed by atoms with Crippen LogP contribution in [0, 0.1) is 5.82 Å². The summed E-state index contributed by atoms with van der Waals surface area (Å²) >= 11 is 0. The molecular formula is C11H14FN. The highest BCUT2D eigenvalue weighted by Crippen LogP contribution is 2.35. The quantitative estimate of drug-likeness (QED) is 0.645. The van der Waals surface area contributed by atoms with Gasteiger partial charge in [-0.15, -0.1) is 0 Å². The van der Waals surface area contributed by atoms with Crippen molar-refractivity contribution in [1.82, 2.24) is 0 Å². The molecule has 0 fully saturated rings. The minimum absolute atomic E-state index is 0.129. The Morgan fingerprint density at radius 3 is 2.92 bits per heavy atom. The predicted molar refractivity (Wildman–Crippen MR) is 52.5 cm³/mol. The number of hydrogen-bond acceptors (Lipinski definition) is 1. The first-order valence-corrected chi connectivity index (χ1v) is 4.73. The van der Waals surface area contributed by atoms with Crippen LogP contribution in [0.25, 0.3) is 0 Å². The third-order valence-electron chi connectivity index (χ3n) is 2.67. The average molecular weight is 179 g/mol. The minimum atomic E-state index is -0.129. The van der Waals surface area contributed by atoms with E-state index in [0.717, 1.165) is 12.0 Å². The molecule has 0 amide bonds. The normalized spacial score (nSPS) is 26.4. The molecule has 1 aromatic rings. The zero-order valence-electron chi connectivity index (χ0n) is 7.97. The van der Waals surface area contributed by atoms with E-state index in [0.29, 0.717) is 17.6 Å². The van der Waals surface area contributed by atoms with Crippen LogP contribution in [0.15, 0.2) is 18.2 Å². The van der Waals surface area contributed by atoms with Crippen LogP contribution in [-0.2, 0) is 0 Å². The molecule has 1 aliphatic heterocycles. The maximum atomic E-state index is 13.4. The Hall–Kier alpha value is -1.05. The Kier molecular flexibility index (Phi) is 1.98. The van der Waals surface area contributed by atoms with Crippen molar-refractivity contribution in [3.05, 3.63) is 29.6 Å². The molecule has 0 aliphatic carbocycles. The SMILES string of the molecule is CC1CC(C)c2cccc(F)c2N1. The maximum absolute atomic E-state index is 13.4. The summed E-state index contributed by atoms with van der Waals surface area (Å²) in [6.45, 7) is 4.24. The van der Waals surface area contributed by atoms with Crippen molar-refractivity contribution in [3.63, 3.8) is 0 Å². The number of anilines is 1. The molecule has 1 heterocycles. The summed E-state index contributed by atoms with van der Waals surface area (Å²) in [4.78, 5) is 0. The van der Waals surface area contributed by atoms with Gasteiger partial charge < -0.3 is 5.32 Å². The summed E-state index contributed by atoms with van der Waals surface area (Å²) < 4.78 is 13.4. The van der Waals surface area contributed by atoms with Gasteiger partial charge in [0.25, 0.3) is 0 Å². The molecule has 0 saturated carbocycles. The molecule has 2 heteroatoms. The van der Waals surface area contributed by atoms with E-state index in [1.54, 1.807) is 6.07 Å². The molecule has 70 valence electrons. The van der Waals surface area contributed by atoms with Crippen LogP contribution in [0.4, 0.5) is 10.1 Å². The van der Waals surface area contributed by atoms with Gasteiger partial charge in [0.2, 0.25) is 0 Å². The number of nitrogens with one attached hydrogen (secondary N) is 1. The van der Waals surface area contributed by atoms with Crippen LogP contribution in [0.1, 0.15) is 31.7 Å². The van der Waals surface area contributed by atoms with Crippen molar-refractivity contribution in [1.29, 1.82) is 0 Å². The highest BCUT2D eigenvalue weighted by molar-refractivity contribution is 5.56. The number of hydrogen-bond donors (Lipinski definition) is 1. The molecule has 0 spiro atoms. The lowest BCUT2D eigenvalue weighted by atomic mass is 9.89. The number of rotatable bonds is 0. The molecule has 2 unspecified atom stereocenters. The highest BCUT2D eigenvalue weighted by atomic mass is 19.1. The summed E-state index contributed by atoms with van der Waals surface area (Å²) in [6.07, 6.45) is 1.08. The second-order valence-electron chi connectivity index (χ2n) is 3.89. The topological polar surface area (TPSA) is 12.0 Å². The molecular weight excluding hydrogens is 165 g/mol. The fourth-order valence-electron chi connectivity index (χ4n) is 2.07. The van der Waals surface area contributed by atoms with Gasteiger partial charge in [-0.2, -0.15) is 0 Å². The Morgan fingerprint density at radius 1 is 1.38 bits per heavy atom. The average Bonchev–Trinajstić information content (AvgIpc) is 2.07. The molecule has 0 radical (unpaired) electrons. The molecule has 2 atom stereocenters. The Labute approximate surface area is 78.0 Å². The molecule has 1 aliphatic rings. The van der Waals surface area contributed by atoms with Gasteiger partial charge in [-0.05, 0) is 30.9 Å². The molecule has 0 aromatic heterocycles. The largest absolute Gasteiger partial charge is 0.380 e. The summed E-state index contributed by atoms with van der Waals surface area (Å²) in [5, 5.41) is 3.18. The maximum Gasteiger partial charge on any atom is 0.146 e. The first-order chi connectivity index (χ1) is 6.18. The summed E-state index contributed by atoms with van der Waals surface area (Å²) in [7, 11) is 0. The van der Waals surface area contributed by atoms with Gasteiger partial charge in [0.05, 0.1) is 5.69 Å². The van der Waals surface area contributed by atoms with E-state index < -0.39 is 0 Å². The Morgan fingerprint density at radius 2 is 2.15 bits per heavy atom. The second kappa shape index (κ2) is 3.02. The van der Waals surface area contributed by atoms with E-state index in [-0.39, 0.29) is 5.82 Å². The van der Waals surface area contributed by atoms with Gasteiger partial charge in [-0.1, -0.05) is 19.1 Å². The summed E-state index contributed by atoms with van der Waals surface area (Å²) in [5.41, 5.74) is 1.81. The van der Waals surface area contributed by atoms with Crippen molar-refractivity contribution in [2.45, 2.75) is 32.2 Å². The van der Waals surface area contributed by atoms with E-state index >= 15 is 0 Å². The van der Waals surface area contributed by atoms with Crippen molar-refractivity contribution >= 4 is 5.69 Å². The lowest BCUT2D eigenvalue weighted by molar-refractivity contribution is 0.564. The predicted octanol–water partition coefficient (Wildman–Crippen LogP) is 3.13. The molecule has 0 bridgehead atoms. The van der Waals surface area contributed by atoms with Gasteiger partial charge in [0.1, 0.15) is 5.82 Å². The summed E-state index contributed by atoms with van der Waals surface area (Å²) in [5.74, 6) is 0.331. The van der Waals surface area contributed by atoms with Crippen LogP contribution in [0.5, 0.6) is 0 Å². The number of fused-ring (bicyclic) bond motifs is 1. The van der Waals surface area contributed by atoms with Gasteiger partial charge in [0.15, 0.2) is 0 Å². The van der Waals surface area contributed by atoms with Crippen molar-refractivity contribution < 1.29 is 4.39 Å². The molecule has 1 aromatic carbocycles. The minimum Gasteiger partial charge on any atom is -0.380 e. The van der Waals surface area contributed by atoms with Crippen LogP contribution >= 0.6 is 0 Å². The monoisotopic (exact) mass is 179 g/mol. The smallest absolute Gasteiger partial charge is 0.146 e. The van der Waals surface area contributed by atoms with Crippen molar-refractivity contribution in [2.24, 2.45) is 0 Å². The first-order valence-electron chi connectivity index (χ1n) is 4.73. The van der Waals surface area contributed by atoms with E-state index in [1.165, 1.54) is 6.07 Å². The Bertz CT molecular complexity index is 322. The van der Waals surface area contributed by atoms with Crippen LogP contribution < -0.4 is 5.32 Å². The third kappa shape index (κ3) is 1.41. The Balaban J connectivity index is 2.49. The fraction of sp³-hybridized carbons (Fsp3) is 0.455. The standard InChI is InChI=1S/C11H14FN/c1-7-6-8(2)13-11-9(7)4-3-5-10(11)12/h3-5,7-8,13H,6H2,1-2H3. The molecule has 1 nitrogen and oxygen atoms in total. The molecule has 13 heavy (non-hydrogen) atoms. The lowest BCUT2D eigenvalue weighted by Crippen LogP contribution is -2.25. The fourth-order valence-corrected chi connectivity index (χ4v) is 2.07. The summed E-state index contributed by atoms with van der Waals surface area (Å²) in [6, 6.07) is 5.67.